The predicted octanol–water partition coefficient (Wildman–Crippen LogP) is 3.71. The molecule has 2 aromatic heterocycles. The van der Waals surface area contributed by atoms with Gasteiger partial charge in [-0.3, -0.25) is 0 Å². The van der Waals surface area contributed by atoms with Gasteiger partial charge in [-0.05, 0) is 23.6 Å². The number of halogens is 2. The van der Waals surface area contributed by atoms with Crippen molar-refractivity contribution in [3.05, 3.63) is 47.6 Å². The van der Waals surface area contributed by atoms with E-state index in [4.69, 9.17) is 0 Å². The van der Waals surface area contributed by atoms with E-state index in [0.717, 1.165) is 16.3 Å². The maximum atomic E-state index is 13.1. The molecule has 0 aliphatic carbocycles. The molecule has 6 heteroatoms. The van der Waals surface area contributed by atoms with Gasteiger partial charge in [0.15, 0.2) is 5.82 Å². The van der Waals surface area contributed by atoms with Gasteiger partial charge in [0.05, 0.1) is 10.2 Å². The molecule has 0 bridgehead atoms. The highest BCUT2D eigenvalue weighted by molar-refractivity contribution is 7.17. The van der Waals surface area contributed by atoms with Crippen LogP contribution in [-0.4, -0.2) is 9.97 Å². The zero-order valence-electron chi connectivity index (χ0n) is 9.02. The molecule has 0 radical (unpaired) electrons. The van der Waals surface area contributed by atoms with Crippen LogP contribution in [0.3, 0.4) is 0 Å². The number of hydrogen-bond acceptors (Lipinski definition) is 4. The van der Waals surface area contributed by atoms with Gasteiger partial charge in [-0.1, -0.05) is 0 Å². The second-order valence-corrected chi connectivity index (χ2v) is 4.56. The molecule has 0 atom stereocenters. The highest BCUT2D eigenvalue weighted by Gasteiger charge is 2.06. The number of aromatic nitrogens is 2. The van der Waals surface area contributed by atoms with Crippen molar-refractivity contribution < 1.29 is 8.78 Å². The lowest BCUT2D eigenvalue weighted by atomic mass is 10.3. The first-order valence-corrected chi connectivity index (χ1v) is 6.02. The van der Waals surface area contributed by atoms with Crippen LogP contribution in [0.1, 0.15) is 0 Å². The number of rotatable bonds is 2. The number of benzene rings is 1. The summed E-state index contributed by atoms with van der Waals surface area (Å²) in [4.78, 5) is 8.17. The highest BCUT2D eigenvalue weighted by Crippen LogP contribution is 2.27. The minimum absolute atomic E-state index is 0.320. The lowest BCUT2D eigenvalue weighted by Gasteiger charge is -2.06. The predicted molar refractivity (Wildman–Crippen MR) is 67.1 cm³/mol. The summed E-state index contributed by atoms with van der Waals surface area (Å²) < 4.78 is 27.0. The lowest BCUT2D eigenvalue weighted by molar-refractivity contribution is 0.584. The number of nitrogens with zero attached hydrogens (tertiary/aromatic N) is 2. The Morgan fingerprint density at radius 2 is 1.83 bits per heavy atom. The van der Waals surface area contributed by atoms with Crippen molar-refractivity contribution in [1.29, 1.82) is 0 Å². The first-order chi connectivity index (χ1) is 8.72. The molecule has 0 amide bonds. The van der Waals surface area contributed by atoms with Crippen LogP contribution in [0, 0.1) is 11.6 Å². The second kappa shape index (κ2) is 4.30. The zero-order valence-corrected chi connectivity index (χ0v) is 9.84. The summed E-state index contributed by atoms with van der Waals surface area (Å²) in [7, 11) is 0. The summed E-state index contributed by atoms with van der Waals surface area (Å²) in [5.74, 6) is -0.719. The van der Waals surface area contributed by atoms with Crippen LogP contribution < -0.4 is 5.32 Å². The summed E-state index contributed by atoms with van der Waals surface area (Å²) in [6, 6.07) is 5.11. The molecular weight excluding hydrogens is 256 g/mol. The van der Waals surface area contributed by atoms with E-state index in [-0.39, 0.29) is 0 Å². The van der Waals surface area contributed by atoms with E-state index in [2.05, 4.69) is 15.3 Å². The molecule has 1 N–H and O–H groups in total. The van der Waals surface area contributed by atoms with Gasteiger partial charge in [0.1, 0.15) is 18.0 Å². The fourth-order valence-electron chi connectivity index (χ4n) is 1.64. The fraction of sp³-hybridized carbons (Fsp3) is 0. The van der Waals surface area contributed by atoms with Gasteiger partial charge >= 0.3 is 0 Å². The monoisotopic (exact) mass is 263 g/mol. The second-order valence-electron chi connectivity index (χ2n) is 3.64. The summed E-state index contributed by atoms with van der Waals surface area (Å²) in [5, 5.41) is 4.78. The molecule has 18 heavy (non-hydrogen) atoms. The van der Waals surface area contributed by atoms with Crippen LogP contribution in [0.5, 0.6) is 0 Å². The quantitative estimate of drug-likeness (QED) is 0.765. The van der Waals surface area contributed by atoms with E-state index in [1.807, 2.05) is 11.4 Å². The molecule has 3 aromatic rings. The Morgan fingerprint density at radius 3 is 2.61 bits per heavy atom. The smallest absolute Gasteiger partial charge is 0.151 e. The molecule has 3 nitrogen and oxygen atoms in total. The molecule has 2 heterocycles. The Bertz CT molecular complexity index is 691. The van der Waals surface area contributed by atoms with E-state index >= 15 is 0 Å². The van der Waals surface area contributed by atoms with Gasteiger partial charge in [0, 0.05) is 11.8 Å². The van der Waals surface area contributed by atoms with Gasteiger partial charge in [0.25, 0.3) is 0 Å². The van der Waals surface area contributed by atoms with Crippen molar-refractivity contribution in [2.24, 2.45) is 0 Å². The first kappa shape index (κ1) is 11.0. The Balaban J connectivity index is 2.03. The highest BCUT2D eigenvalue weighted by atomic mass is 32.1. The summed E-state index contributed by atoms with van der Waals surface area (Å²) >= 11 is 1.47. The van der Waals surface area contributed by atoms with Crippen LogP contribution in [0.4, 0.5) is 20.3 Å². The van der Waals surface area contributed by atoms with Crippen LogP contribution in [0.2, 0.25) is 0 Å². The van der Waals surface area contributed by atoms with E-state index in [1.54, 1.807) is 0 Å². The molecule has 90 valence electrons. The van der Waals surface area contributed by atoms with Crippen molar-refractivity contribution in [2.45, 2.75) is 0 Å². The van der Waals surface area contributed by atoms with Gasteiger partial charge in [-0.15, -0.1) is 11.3 Å². The Labute approximate surface area is 105 Å². The molecule has 1 aromatic carbocycles. The topological polar surface area (TPSA) is 37.8 Å². The minimum atomic E-state index is -0.631. The van der Waals surface area contributed by atoms with Gasteiger partial charge in [-0.2, -0.15) is 0 Å². The third kappa shape index (κ3) is 2.02. The Hall–Kier alpha value is -2.08. The Morgan fingerprint density at radius 1 is 1.06 bits per heavy atom. The first-order valence-electron chi connectivity index (χ1n) is 5.14. The van der Waals surface area contributed by atoms with Crippen molar-refractivity contribution in [1.82, 2.24) is 9.97 Å². The summed E-state index contributed by atoms with van der Waals surface area (Å²) in [6.07, 6.45) is 1.41. The van der Waals surface area contributed by atoms with E-state index in [0.29, 0.717) is 11.5 Å². The number of anilines is 2. The maximum Gasteiger partial charge on any atom is 0.151 e. The lowest BCUT2D eigenvalue weighted by Crippen LogP contribution is -1.95. The standard InChI is InChI=1S/C12H7F2N3S/c13-7-3-8(14)5-9(4-7)17-12-11-10(1-2-18-11)15-6-16-12/h1-6H,(H,15,16,17). The Kier molecular flexibility index (Phi) is 2.64. The van der Waals surface area contributed by atoms with Crippen molar-refractivity contribution in [2.75, 3.05) is 5.32 Å². The number of nitrogens with one attached hydrogen (secondary N) is 1. The number of fused-ring (bicyclic) bond motifs is 1. The van der Waals surface area contributed by atoms with Crippen molar-refractivity contribution in [3.8, 4) is 0 Å². The van der Waals surface area contributed by atoms with Gasteiger partial charge < -0.3 is 5.32 Å². The van der Waals surface area contributed by atoms with Gasteiger partial charge in [-0.25, -0.2) is 18.7 Å². The molecular formula is C12H7F2N3S. The SMILES string of the molecule is Fc1cc(F)cc(Nc2ncnc3ccsc23)c1. The molecule has 0 saturated carbocycles. The number of hydrogen-bond donors (Lipinski definition) is 1. The summed E-state index contributed by atoms with van der Waals surface area (Å²) in [6.45, 7) is 0. The van der Waals surface area contributed by atoms with Gasteiger partial charge in [0.2, 0.25) is 0 Å². The molecule has 0 saturated heterocycles. The van der Waals surface area contributed by atoms with Crippen LogP contribution in [0.25, 0.3) is 10.2 Å². The molecule has 0 aliphatic heterocycles. The summed E-state index contributed by atoms with van der Waals surface area (Å²) in [5.41, 5.74) is 1.12. The fourth-order valence-corrected chi connectivity index (χ4v) is 2.43. The zero-order chi connectivity index (χ0) is 12.5. The molecule has 0 fully saturated rings. The normalized spacial score (nSPS) is 10.8. The van der Waals surface area contributed by atoms with E-state index in [9.17, 15) is 8.78 Å². The molecule has 0 unspecified atom stereocenters. The third-order valence-corrected chi connectivity index (χ3v) is 3.28. The average molecular weight is 263 g/mol. The van der Waals surface area contributed by atoms with Crippen LogP contribution >= 0.6 is 11.3 Å². The molecule has 0 aliphatic rings. The maximum absolute atomic E-state index is 13.1. The number of thiophene rings is 1. The molecule has 0 spiro atoms. The van der Waals surface area contributed by atoms with Crippen molar-refractivity contribution in [3.63, 3.8) is 0 Å². The van der Waals surface area contributed by atoms with Crippen molar-refractivity contribution >= 4 is 33.1 Å². The largest absolute Gasteiger partial charge is 0.339 e. The van der Waals surface area contributed by atoms with E-state index < -0.39 is 11.6 Å². The van der Waals surface area contributed by atoms with Crippen LogP contribution in [-0.2, 0) is 0 Å². The van der Waals surface area contributed by atoms with E-state index in [1.165, 1.54) is 29.8 Å². The minimum Gasteiger partial charge on any atom is -0.339 e. The third-order valence-electron chi connectivity index (χ3n) is 2.37. The molecule has 3 rings (SSSR count). The van der Waals surface area contributed by atoms with Crippen LogP contribution in [0.15, 0.2) is 36.0 Å². The average Bonchev–Trinajstić information content (AvgIpc) is 2.76.